The fourth-order valence-corrected chi connectivity index (χ4v) is 1.03. The molecule has 0 atom stereocenters. The van der Waals surface area contributed by atoms with Crippen molar-refractivity contribution < 1.29 is 17.9 Å². The van der Waals surface area contributed by atoms with E-state index in [1.54, 1.807) is 17.8 Å². The number of aromatic nitrogens is 2. The highest BCUT2D eigenvalue weighted by atomic mass is 19.4. The van der Waals surface area contributed by atoms with Gasteiger partial charge in [-0.3, -0.25) is 9.42 Å². The van der Waals surface area contributed by atoms with E-state index in [-0.39, 0.29) is 13.0 Å². The number of hydrogen-bond donors (Lipinski definition) is 0. The van der Waals surface area contributed by atoms with Crippen LogP contribution in [-0.2, 0) is 18.2 Å². The molecule has 0 radical (unpaired) electrons. The van der Waals surface area contributed by atoms with E-state index in [9.17, 15) is 13.2 Å². The predicted octanol–water partition coefficient (Wildman–Crippen LogP) is 1.81. The number of halogens is 3. The van der Waals surface area contributed by atoms with Crippen LogP contribution in [0.5, 0.6) is 0 Å². The maximum atomic E-state index is 11.6. The van der Waals surface area contributed by atoms with Crippen molar-refractivity contribution in [3.63, 3.8) is 0 Å². The summed E-state index contributed by atoms with van der Waals surface area (Å²) in [5.74, 6) is 0. The number of hydrogen-bond acceptors (Lipinski definition) is 2. The monoisotopic (exact) mass is 208 g/mol. The Morgan fingerprint density at radius 3 is 2.57 bits per heavy atom. The highest BCUT2D eigenvalue weighted by Gasteiger charge is 2.28. The fourth-order valence-electron chi connectivity index (χ4n) is 1.03. The van der Waals surface area contributed by atoms with Crippen LogP contribution < -0.4 is 0 Å². The van der Waals surface area contributed by atoms with E-state index in [1.165, 1.54) is 0 Å². The van der Waals surface area contributed by atoms with E-state index in [1.807, 2.05) is 6.92 Å². The second-order valence-corrected chi connectivity index (χ2v) is 2.94. The lowest BCUT2D eigenvalue weighted by Crippen LogP contribution is -2.15. The summed E-state index contributed by atoms with van der Waals surface area (Å²) < 4.78 is 40.0. The van der Waals surface area contributed by atoms with Gasteiger partial charge in [0.1, 0.15) is 0 Å². The largest absolute Gasteiger partial charge is 0.522 e. The van der Waals surface area contributed by atoms with Crippen molar-refractivity contribution in [3.8, 4) is 0 Å². The van der Waals surface area contributed by atoms with Gasteiger partial charge in [-0.05, 0) is 13.0 Å². The Morgan fingerprint density at radius 2 is 2.14 bits per heavy atom. The molecule has 1 rings (SSSR count). The van der Waals surface area contributed by atoms with Crippen molar-refractivity contribution in [2.24, 2.45) is 7.05 Å². The molecule has 0 N–H and O–H groups in total. The molecule has 6 heteroatoms. The molecular weight excluding hydrogens is 197 g/mol. The van der Waals surface area contributed by atoms with Crippen LogP contribution in [0.2, 0.25) is 0 Å². The van der Waals surface area contributed by atoms with Crippen LogP contribution in [0.4, 0.5) is 13.2 Å². The van der Waals surface area contributed by atoms with Gasteiger partial charge in [-0.1, -0.05) is 0 Å². The summed E-state index contributed by atoms with van der Waals surface area (Å²) >= 11 is 0. The van der Waals surface area contributed by atoms with Gasteiger partial charge in [-0.2, -0.15) is 5.10 Å². The van der Waals surface area contributed by atoms with Crippen molar-refractivity contribution in [2.75, 3.05) is 6.61 Å². The Morgan fingerprint density at radius 1 is 1.50 bits per heavy atom. The number of aryl methyl sites for hydroxylation is 2. The number of rotatable bonds is 3. The molecule has 14 heavy (non-hydrogen) atoms. The minimum atomic E-state index is -4.55. The van der Waals surface area contributed by atoms with Gasteiger partial charge in [0.25, 0.3) is 0 Å². The van der Waals surface area contributed by atoms with Gasteiger partial charge in [0.2, 0.25) is 0 Å². The first-order valence-corrected chi connectivity index (χ1v) is 4.09. The van der Waals surface area contributed by atoms with Crippen LogP contribution in [-0.4, -0.2) is 22.7 Å². The van der Waals surface area contributed by atoms with Gasteiger partial charge in [0.05, 0.1) is 12.3 Å². The van der Waals surface area contributed by atoms with E-state index >= 15 is 0 Å². The average molecular weight is 208 g/mol. The Kier molecular flexibility index (Phi) is 3.15. The summed E-state index contributed by atoms with van der Waals surface area (Å²) in [4.78, 5) is 0. The van der Waals surface area contributed by atoms with Crippen LogP contribution in [0.25, 0.3) is 0 Å². The summed E-state index contributed by atoms with van der Waals surface area (Å²) in [5.41, 5.74) is 1.52. The maximum absolute atomic E-state index is 11.6. The second kappa shape index (κ2) is 4.00. The lowest BCUT2D eigenvalue weighted by molar-refractivity contribution is -0.324. The highest BCUT2D eigenvalue weighted by Crippen LogP contribution is 2.16. The maximum Gasteiger partial charge on any atom is 0.522 e. The molecule has 0 bridgehead atoms. The molecule has 0 fully saturated rings. The molecule has 0 amide bonds. The van der Waals surface area contributed by atoms with Gasteiger partial charge in [-0.25, -0.2) is 0 Å². The van der Waals surface area contributed by atoms with Crippen LogP contribution in [0.3, 0.4) is 0 Å². The molecule has 0 saturated carbocycles. The van der Waals surface area contributed by atoms with E-state index in [4.69, 9.17) is 0 Å². The van der Waals surface area contributed by atoms with Gasteiger partial charge in [-0.15, -0.1) is 13.2 Å². The summed E-state index contributed by atoms with van der Waals surface area (Å²) in [6.07, 6.45) is -4.38. The van der Waals surface area contributed by atoms with Crippen molar-refractivity contribution in [1.82, 2.24) is 9.78 Å². The summed E-state index contributed by atoms with van der Waals surface area (Å²) in [7, 11) is 1.74. The van der Waals surface area contributed by atoms with Crippen LogP contribution in [0.1, 0.15) is 11.4 Å². The quantitative estimate of drug-likeness (QED) is 0.757. The second-order valence-electron chi connectivity index (χ2n) is 2.94. The molecule has 0 spiro atoms. The SMILES string of the molecule is Cc1cc(CCOC(F)(F)F)nn1C. The summed E-state index contributed by atoms with van der Waals surface area (Å²) in [6, 6.07) is 1.74. The average Bonchev–Trinajstić information content (AvgIpc) is 2.28. The van der Waals surface area contributed by atoms with Crippen molar-refractivity contribution in [1.29, 1.82) is 0 Å². The smallest absolute Gasteiger partial charge is 0.292 e. The first kappa shape index (κ1) is 11.0. The number of nitrogens with zero attached hydrogens (tertiary/aromatic N) is 2. The number of ether oxygens (including phenoxy) is 1. The molecule has 0 aliphatic carbocycles. The molecule has 0 aromatic carbocycles. The zero-order valence-corrected chi connectivity index (χ0v) is 7.93. The first-order valence-electron chi connectivity index (χ1n) is 4.09. The Hall–Kier alpha value is -1.04. The van der Waals surface area contributed by atoms with Gasteiger partial charge in [0, 0.05) is 19.2 Å². The third kappa shape index (κ3) is 3.37. The Labute approximate surface area is 79.5 Å². The Balaban J connectivity index is 2.39. The molecule has 0 saturated heterocycles. The normalized spacial score (nSPS) is 12.1. The van der Waals surface area contributed by atoms with Crippen LogP contribution in [0, 0.1) is 6.92 Å². The van der Waals surface area contributed by atoms with E-state index in [0.717, 1.165) is 5.69 Å². The highest BCUT2D eigenvalue weighted by molar-refractivity contribution is 5.08. The predicted molar refractivity (Wildman–Crippen MR) is 43.7 cm³/mol. The summed E-state index contributed by atoms with van der Waals surface area (Å²) in [6.45, 7) is 1.45. The molecule has 1 heterocycles. The lowest BCUT2D eigenvalue weighted by Gasteiger charge is -2.05. The van der Waals surface area contributed by atoms with E-state index in [2.05, 4.69) is 9.84 Å². The minimum Gasteiger partial charge on any atom is -0.292 e. The molecule has 0 aliphatic heterocycles. The molecule has 0 aliphatic rings. The fraction of sp³-hybridized carbons (Fsp3) is 0.625. The van der Waals surface area contributed by atoms with Crippen molar-refractivity contribution >= 4 is 0 Å². The standard InChI is InChI=1S/C8H11F3N2O/c1-6-5-7(12-13(6)2)3-4-14-8(9,10)11/h5H,3-4H2,1-2H3. The molecular formula is C8H11F3N2O. The third-order valence-corrected chi connectivity index (χ3v) is 1.79. The Bertz CT molecular complexity index is 287. The molecule has 0 unspecified atom stereocenters. The van der Waals surface area contributed by atoms with E-state index in [0.29, 0.717) is 5.69 Å². The molecule has 1 aromatic rings. The molecule has 3 nitrogen and oxygen atoms in total. The first-order chi connectivity index (χ1) is 6.38. The molecule has 1 aromatic heterocycles. The van der Waals surface area contributed by atoms with Crippen molar-refractivity contribution in [3.05, 3.63) is 17.5 Å². The van der Waals surface area contributed by atoms with Crippen molar-refractivity contribution in [2.45, 2.75) is 19.7 Å². The zero-order valence-electron chi connectivity index (χ0n) is 7.93. The minimum absolute atomic E-state index is 0.168. The molecule has 80 valence electrons. The van der Waals surface area contributed by atoms with Crippen LogP contribution in [0.15, 0.2) is 6.07 Å². The topological polar surface area (TPSA) is 27.1 Å². The van der Waals surface area contributed by atoms with Gasteiger partial charge < -0.3 is 0 Å². The zero-order chi connectivity index (χ0) is 10.8. The third-order valence-electron chi connectivity index (χ3n) is 1.79. The lowest BCUT2D eigenvalue weighted by atomic mass is 10.3. The number of alkyl halides is 3. The van der Waals surface area contributed by atoms with Crippen LogP contribution >= 0.6 is 0 Å². The summed E-state index contributed by atoms with van der Waals surface area (Å²) in [5, 5.41) is 4.00. The van der Waals surface area contributed by atoms with Gasteiger partial charge >= 0.3 is 6.36 Å². The van der Waals surface area contributed by atoms with Gasteiger partial charge in [0.15, 0.2) is 0 Å². The van der Waals surface area contributed by atoms with E-state index < -0.39 is 6.36 Å².